The third-order valence-electron chi connectivity index (χ3n) is 7.38. The molecule has 5 aromatic rings. The molecule has 244 valence electrons. The highest BCUT2D eigenvalue weighted by atomic mass is 79.9. The van der Waals surface area contributed by atoms with Gasteiger partial charge in [0.05, 0.1) is 41.3 Å². The van der Waals surface area contributed by atoms with Crippen molar-refractivity contribution >= 4 is 72.5 Å². The summed E-state index contributed by atoms with van der Waals surface area (Å²) >= 11 is 14.7. The maximum atomic E-state index is 14.1. The molecule has 48 heavy (non-hydrogen) atoms. The van der Waals surface area contributed by atoms with E-state index in [2.05, 4.69) is 36.9 Å². The Labute approximate surface area is 299 Å². The van der Waals surface area contributed by atoms with Crippen LogP contribution in [0.25, 0.3) is 17.4 Å². The molecule has 1 atom stereocenters. The fourth-order valence-electron chi connectivity index (χ4n) is 5.20. The van der Waals surface area contributed by atoms with Crippen LogP contribution in [0, 0.1) is 10.1 Å². The summed E-state index contributed by atoms with van der Waals surface area (Å²) in [5.41, 5.74) is 1.94. The number of esters is 1. The van der Waals surface area contributed by atoms with Crippen LogP contribution in [0.15, 0.2) is 107 Å². The fourth-order valence-corrected chi connectivity index (χ4v) is 7.91. The van der Waals surface area contributed by atoms with Crippen LogP contribution in [-0.2, 0) is 16.1 Å². The second-order valence-electron chi connectivity index (χ2n) is 10.5. The van der Waals surface area contributed by atoms with Crippen LogP contribution < -0.4 is 19.6 Å². The van der Waals surface area contributed by atoms with Crippen LogP contribution in [0.1, 0.15) is 36.8 Å². The highest BCUT2D eigenvalue weighted by molar-refractivity contribution is 9.11. The Morgan fingerprint density at radius 3 is 2.54 bits per heavy atom. The number of rotatable bonds is 9. The number of ether oxygens (including phenoxy) is 2. The lowest BCUT2D eigenvalue weighted by atomic mass is 10.0. The molecule has 3 aromatic carbocycles. The molecule has 0 unspecified atom stereocenters. The van der Waals surface area contributed by atoms with Crippen LogP contribution in [0.2, 0.25) is 5.02 Å². The number of non-ortho nitro benzene ring substituents is 1. The fraction of sp³-hybridized carbons (Fsp3) is 0.147. The first-order chi connectivity index (χ1) is 23.0. The zero-order valence-corrected chi connectivity index (χ0v) is 30.0. The number of nitro groups is 1. The Morgan fingerprint density at radius 2 is 1.85 bits per heavy atom. The minimum absolute atomic E-state index is 0.105. The average molecular weight is 814 g/mol. The van der Waals surface area contributed by atoms with E-state index in [1.165, 1.54) is 22.8 Å². The zero-order chi connectivity index (χ0) is 34.1. The Balaban J connectivity index is 1.42. The summed E-state index contributed by atoms with van der Waals surface area (Å²) in [6.07, 6.45) is 1.73. The average Bonchev–Trinajstić information content (AvgIpc) is 3.65. The Kier molecular flexibility index (Phi) is 9.83. The number of thiazole rings is 1. The standard InChI is InChI=1S/C34H24Br2ClN3O7S/c1-3-45-33(42)29-18(2)38-34-39(30(29)27-12-11-26(47-27)22-16-21(40(43)44)9-10-25(22)37)32(41)28(48-34)15-20-13-23(35)31(24(36)14-20)46-17-19-7-5-4-6-8-19/h4-16,30H,3,17H2,1-2H3/b28-15-/t30-/m0/s1. The van der Waals surface area contributed by atoms with Crippen molar-refractivity contribution in [3.05, 3.63) is 145 Å². The summed E-state index contributed by atoms with van der Waals surface area (Å²) < 4.78 is 20.7. The van der Waals surface area contributed by atoms with Gasteiger partial charge < -0.3 is 13.9 Å². The number of carbonyl (C=O) groups is 1. The molecule has 1 aliphatic heterocycles. The van der Waals surface area contributed by atoms with Gasteiger partial charge in [-0.2, -0.15) is 0 Å². The molecule has 10 nitrogen and oxygen atoms in total. The van der Waals surface area contributed by atoms with E-state index in [1.54, 1.807) is 32.1 Å². The van der Waals surface area contributed by atoms with E-state index in [4.69, 9.17) is 25.5 Å². The second kappa shape index (κ2) is 14.0. The molecule has 3 heterocycles. The maximum absolute atomic E-state index is 14.1. The van der Waals surface area contributed by atoms with Gasteiger partial charge in [0.1, 0.15) is 29.9 Å². The summed E-state index contributed by atoms with van der Waals surface area (Å²) in [4.78, 5) is 43.2. The van der Waals surface area contributed by atoms with E-state index in [1.807, 2.05) is 42.5 Å². The van der Waals surface area contributed by atoms with Crippen molar-refractivity contribution in [2.75, 3.05) is 6.61 Å². The number of fused-ring (bicyclic) bond motifs is 1. The molecule has 0 amide bonds. The molecule has 0 aliphatic carbocycles. The highest BCUT2D eigenvalue weighted by Gasteiger charge is 2.35. The lowest BCUT2D eigenvalue weighted by Crippen LogP contribution is -2.39. The summed E-state index contributed by atoms with van der Waals surface area (Å²) in [6.45, 7) is 3.83. The van der Waals surface area contributed by atoms with Crippen LogP contribution in [0.3, 0.4) is 0 Å². The van der Waals surface area contributed by atoms with Gasteiger partial charge in [-0.15, -0.1) is 0 Å². The normalized spacial score (nSPS) is 14.4. The van der Waals surface area contributed by atoms with Crippen LogP contribution in [0.4, 0.5) is 5.69 Å². The van der Waals surface area contributed by atoms with Gasteiger partial charge in [-0.05, 0) is 93.2 Å². The van der Waals surface area contributed by atoms with E-state index >= 15 is 0 Å². The Hall–Kier alpha value is -4.30. The van der Waals surface area contributed by atoms with Gasteiger partial charge in [0, 0.05) is 17.7 Å². The number of halogens is 3. The van der Waals surface area contributed by atoms with Crippen molar-refractivity contribution in [2.24, 2.45) is 4.99 Å². The summed E-state index contributed by atoms with van der Waals surface area (Å²) in [5, 5.41) is 11.7. The van der Waals surface area contributed by atoms with Crippen LogP contribution in [0.5, 0.6) is 5.75 Å². The number of benzene rings is 3. The van der Waals surface area contributed by atoms with Gasteiger partial charge in [0.25, 0.3) is 11.2 Å². The second-order valence-corrected chi connectivity index (χ2v) is 13.6. The molecule has 1 aliphatic rings. The minimum atomic E-state index is -1.03. The van der Waals surface area contributed by atoms with Crippen molar-refractivity contribution in [2.45, 2.75) is 26.5 Å². The zero-order valence-electron chi connectivity index (χ0n) is 25.2. The van der Waals surface area contributed by atoms with Crippen molar-refractivity contribution in [1.82, 2.24) is 4.57 Å². The number of hydrogen-bond donors (Lipinski definition) is 0. The third-order valence-corrected chi connectivity index (χ3v) is 9.87. The largest absolute Gasteiger partial charge is 0.487 e. The number of aromatic nitrogens is 1. The number of nitro benzene ring substituents is 1. The van der Waals surface area contributed by atoms with Crippen molar-refractivity contribution < 1.29 is 23.6 Å². The summed E-state index contributed by atoms with van der Waals surface area (Å²) in [5.74, 6) is 0.416. The molecule has 14 heteroatoms. The SMILES string of the molecule is CCOC(=O)C1=C(C)N=c2s/c(=C\c3cc(Br)c(OCc4ccccc4)c(Br)c3)c(=O)n2[C@H]1c1ccc(-c2cc([N+](=O)[O-])ccc2Cl)o1. The minimum Gasteiger partial charge on any atom is -0.487 e. The molecule has 0 spiro atoms. The Morgan fingerprint density at radius 1 is 1.12 bits per heavy atom. The van der Waals surface area contributed by atoms with Crippen LogP contribution >= 0.6 is 54.8 Å². The molecule has 0 N–H and O–H groups in total. The third kappa shape index (κ3) is 6.68. The van der Waals surface area contributed by atoms with Gasteiger partial charge in [0.2, 0.25) is 0 Å². The Bertz CT molecular complexity index is 2270. The number of allylic oxidation sites excluding steroid dienone is 1. The quantitative estimate of drug-likeness (QED) is 0.0848. The lowest BCUT2D eigenvalue weighted by Gasteiger charge is -2.22. The molecular formula is C34H24Br2ClN3O7S. The van der Waals surface area contributed by atoms with Gasteiger partial charge in [-0.3, -0.25) is 19.5 Å². The van der Waals surface area contributed by atoms with Crippen molar-refractivity contribution in [1.29, 1.82) is 0 Å². The molecule has 6 rings (SSSR count). The number of furan rings is 1. The maximum Gasteiger partial charge on any atom is 0.338 e. The van der Waals surface area contributed by atoms with Crippen molar-refractivity contribution in [3.63, 3.8) is 0 Å². The molecule has 0 bridgehead atoms. The number of carbonyl (C=O) groups excluding carboxylic acids is 1. The lowest BCUT2D eigenvalue weighted by molar-refractivity contribution is -0.384. The van der Waals surface area contributed by atoms with Crippen molar-refractivity contribution in [3.8, 4) is 17.1 Å². The molecule has 0 radical (unpaired) electrons. The smallest absolute Gasteiger partial charge is 0.338 e. The highest BCUT2D eigenvalue weighted by Crippen LogP contribution is 2.38. The molecule has 0 fully saturated rings. The van der Waals surface area contributed by atoms with Gasteiger partial charge in [0.15, 0.2) is 4.80 Å². The topological polar surface area (TPSA) is 126 Å². The summed E-state index contributed by atoms with van der Waals surface area (Å²) in [7, 11) is 0. The van der Waals surface area contributed by atoms with Gasteiger partial charge in [-0.25, -0.2) is 9.79 Å². The van der Waals surface area contributed by atoms with E-state index in [0.29, 0.717) is 41.9 Å². The first-order valence-corrected chi connectivity index (χ1v) is 17.2. The van der Waals surface area contributed by atoms with E-state index in [9.17, 15) is 19.7 Å². The van der Waals surface area contributed by atoms with E-state index in [-0.39, 0.29) is 40.0 Å². The molecule has 0 saturated carbocycles. The predicted molar refractivity (Wildman–Crippen MR) is 189 cm³/mol. The molecular weight excluding hydrogens is 790 g/mol. The van der Waals surface area contributed by atoms with Gasteiger partial charge >= 0.3 is 5.97 Å². The number of hydrogen-bond acceptors (Lipinski definition) is 9. The first kappa shape index (κ1) is 33.6. The molecule has 0 saturated heterocycles. The van der Waals surface area contributed by atoms with Gasteiger partial charge in [-0.1, -0.05) is 53.3 Å². The first-order valence-electron chi connectivity index (χ1n) is 14.4. The molecule has 2 aromatic heterocycles. The number of nitrogens with zero attached hydrogens (tertiary/aromatic N) is 3. The predicted octanol–water partition coefficient (Wildman–Crippen LogP) is 7.72. The van der Waals surface area contributed by atoms with E-state index in [0.717, 1.165) is 16.9 Å². The van der Waals surface area contributed by atoms with E-state index < -0.39 is 22.5 Å². The van der Waals surface area contributed by atoms with Crippen LogP contribution in [-0.4, -0.2) is 22.1 Å². The summed E-state index contributed by atoms with van der Waals surface area (Å²) in [6, 6.07) is 19.6. The monoisotopic (exact) mass is 811 g/mol.